The van der Waals surface area contributed by atoms with Crippen LogP contribution < -0.4 is 5.69 Å². The summed E-state index contributed by atoms with van der Waals surface area (Å²) in [5.41, 5.74) is -0.220. The molecule has 3 nitrogen and oxygen atoms in total. The molecule has 0 radical (unpaired) electrons. The van der Waals surface area contributed by atoms with Crippen molar-refractivity contribution in [3.63, 3.8) is 0 Å². The first kappa shape index (κ1) is 10.5. The molecular weight excluding hydrogens is 214 g/mol. The highest BCUT2D eigenvalue weighted by Crippen LogP contribution is 2.10. The predicted octanol–water partition coefficient (Wildman–Crippen LogP) is 1.57. The average Bonchev–Trinajstić information content (AvgIpc) is 2.25. The van der Waals surface area contributed by atoms with Crippen molar-refractivity contribution in [1.82, 2.24) is 9.55 Å². The summed E-state index contributed by atoms with van der Waals surface area (Å²) in [5, 5.41) is 0. The Balaban J connectivity index is 2.35. The molecule has 5 heteroatoms. The molecule has 1 aromatic heterocycles. The van der Waals surface area contributed by atoms with Crippen molar-refractivity contribution in [2.75, 3.05) is 0 Å². The SMILES string of the molecule is O=c1ncccn1Cc1ccc(F)cc1F. The van der Waals surface area contributed by atoms with E-state index in [1.54, 1.807) is 6.07 Å². The minimum absolute atomic E-state index is 0.0405. The van der Waals surface area contributed by atoms with Gasteiger partial charge in [0.05, 0.1) is 6.54 Å². The van der Waals surface area contributed by atoms with E-state index in [4.69, 9.17) is 0 Å². The van der Waals surface area contributed by atoms with Crippen LogP contribution in [0, 0.1) is 11.6 Å². The lowest BCUT2D eigenvalue weighted by atomic mass is 10.2. The molecule has 0 bridgehead atoms. The minimum atomic E-state index is -0.671. The van der Waals surface area contributed by atoms with Crippen LogP contribution in [0.3, 0.4) is 0 Å². The fraction of sp³-hybridized carbons (Fsp3) is 0.0909. The van der Waals surface area contributed by atoms with Crippen molar-refractivity contribution in [1.29, 1.82) is 0 Å². The van der Waals surface area contributed by atoms with E-state index in [2.05, 4.69) is 4.98 Å². The van der Waals surface area contributed by atoms with E-state index in [9.17, 15) is 13.6 Å². The standard InChI is InChI=1S/C11H8F2N2O/c12-9-3-2-8(10(13)6-9)7-15-5-1-4-14-11(15)16/h1-6H,7H2. The largest absolute Gasteiger partial charge is 0.347 e. The molecule has 1 aromatic carbocycles. The molecule has 0 atom stereocenters. The molecule has 0 spiro atoms. The maximum Gasteiger partial charge on any atom is 0.347 e. The van der Waals surface area contributed by atoms with Gasteiger partial charge in [0.1, 0.15) is 11.6 Å². The molecule has 0 aliphatic rings. The van der Waals surface area contributed by atoms with Crippen LogP contribution in [0.4, 0.5) is 8.78 Å². The Bertz CT molecular complexity index is 566. The smallest absolute Gasteiger partial charge is 0.295 e. The summed E-state index contributed by atoms with van der Waals surface area (Å²) < 4.78 is 27.2. The van der Waals surface area contributed by atoms with Gasteiger partial charge in [-0.25, -0.2) is 18.6 Å². The number of hydrogen-bond acceptors (Lipinski definition) is 2. The third-order valence-electron chi connectivity index (χ3n) is 2.14. The maximum absolute atomic E-state index is 13.3. The first-order valence-electron chi connectivity index (χ1n) is 4.62. The number of nitrogens with zero attached hydrogens (tertiary/aromatic N) is 2. The molecule has 0 N–H and O–H groups in total. The highest BCUT2D eigenvalue weighted by molar-refractivity contribution is 5.18. The summed E-state index contributed by atoms with van der Waals surface area (Å²) in [4.78, 5) is 14.8. The van der Waals surface area contributed by atoms with Crippen LogP contribution in [0.1, 0.15) is 5.56 Å². The minimum Gasteiger partial charge on any atom is -0.295 e. The highest BCUT2D eigenvalue weighted by Gasteiger charge is 2.05. The summed E-state index contributed by atoms with van der Waals surface area (Å²) in [5.74, 6) is -1.31. The normalized spacial score (nSPS) is 10.4. The highest BCUT2D eigenvalue weighted by atomic mass is 19.1. The second-order valence-electron chi connectivity index (χ2n) is 3.27. The number of halogens is 2. The van der Waals surface area contributed by atoms with Gasteiger partial charge in [-0.2, -0.15) is 0 Å². The summed E-state index contributed by atoms with van der Waals surface area (Å²) >= 11 is 0. The third-order valence-corrected chi connectivity index (χ3v) is 2.14. The first-order chi connectivity index (χ1) is 7.66. The average molecular weight is 222 g/mol. The van der Waals surface area contributed by atoms with E-state index in [-0.39, 0.29) is 12.1 Å². The van der Waals surface area contributed by atoms with Crippen molar-refractivity contribution < 1.29 is 8.78 Å². The van der Waals surface area contributed by atoms with Crippen LogP contribution in [0.15, 0.2) is 41.5 Å². The summed E-state index contributed by atoms with van der Waals surface area (Å²) in [7, 11) is 0. The van der Waals surface area contributed by atoms with Gasteiger partial charge in [-0.05, 0) is 12.1 Å². The fourth-order valence-electron chi connectivity index (χ4n) is 1.34. The Morgan fingerprint density at radius 1 is 1.31 bits per heavy atom. The molecule has 16 heavy (non-hydrogen) atoms. The Morgan fingerprint density at radius 2 is 2.12 bits per heavy atom. The quantitative estimate of drug-likeness (QED) is 0.773. The van der Waals surface area contributed by atoms with Gasteiger partial charge in [-0.1, -0.05) is 6.07 Å². The van der Waals surface area contributed by atoms with Gasteiger partial charge >= 0.3 is 5.69 Å². The molecule has 0 amide bonds. The van der Waals surface area contributed by atoms with Gasteiger partial charge in [-0.15, -0.1) is 0 Å². The summed E-state index contributed by atoms with van der Waals surface area (Å²) in [6.45, 7) is 0.0405. The molecule has 0 aliphatic carbocycles. The second-order valence-corrected chi connectivity index (χ2v) is 3.27. The van der Waals surface area contributed by atoms with Gasteiger partial charge < -0.3 is 0 Å². The van der Waals surface area contributed by atoms with Gasteiger partial charge in [0.25, 0.3) is 0 Å². The first-order valence-corrected chi connectivity index (χ1v) is 4.62. The third kappa shape index (κ3) is 2.13. The summed E-state index contributed by atoms with van der Waals surface area (Å²) in [6, 6.07) is 4.82. The van der Waals surface area contributed by atoms with E-state index in [1.807, 2.05) is 0 Å². The molecule has 0 aliphatic heterocycles. The molecule has 1 heterocycles. The topological polar surface area (TPSA) is 34.9 Å². The molecule has 0 unspecified atom stereocenters. The van der Waals surface area contributed by atoms with Crippen molar-refractivity contribution in [2.24, 2.45) is 0 Å². The van der Waals surface area contributed by atoms with Gasteiger partial charge in [0.15, 0.2) is 0 Å². The van der Waals surface area contributed by atoms with Crippen molar-refractivity contribution in [3.8, 4) is 0 Å². The molecule has 82 valence electrons. The Kier molecular flexibility index (Phi) is 2.76. The monoisotopic (exact) mass is 222 g/mol. The number of benzene rings is 1. The van der Waals surface area contributed by atoms with E-state index < -0.39 is 17.3 Å². The van der Waals surface area contributed by atoms with Crippen LogP contribution in [-0.2, 0) is 6.54 Å². The zero-order valence-electron chi connectivity index (χ0n) is 8.23. The van der Waals surface area contributed by atoms with Crippen LogP contribution >= 0.6 is 0 Å². The van der Waals surface area contributed by atoms with Crippen molar-refractivity contribution >= 4 is 0 Å². The molecule has 2 aromatic rings. The molecule has 2 rings (SSSR count). The lowest BCUT2D eigenvalue weighted by molar-refractivity contribution is 0.563. The maximum atomic E-state index is 13.3. The van der Waals surface area contributed by atoms with E-state index in [0.29, 0.717) is 0 Å². The Morgan fingerprint density at radius 3 is 2.81 bits per heavy atom. The molecule has 0 saturated carbocycles. The van der Waals surface area contributed by atoms with Crippen LogP contribution in [0.25, 0.3) is 0 Å². The summed E-state index contributed by atoms with van der Waals surface area (Å²) in [6.07, 6.45) is 2.86. The predicted molar refractivity (Wildman–Crippen MR) is 54.0 cm³/mol. The van der Waals surface area contributed by atoms with E-state index >= 15 is 0 Å². The number of aromatic nitrogens is 2. The Labute approximate surface area is 90.0 Å². The molecular formula is C11H8F2N2O. The lowest BCUT2D eigenvalue weighted by Gasteiger charge is -2.05. The van der Waals surface area contributed by atoms with Crippen molar-refractivity contribution in [2.45, 2.75) is 6.54 Å². The fourth-order valence-corrected chi connectivity index (χ4v) is 1.34. The van der Waals surface area contributed by atoms with Gasteiger partial charge in [-0.3, -0.25) is 4.57 Å². The van der Waals surface area contributed by atoms with Gasteiger partial charge in [0, 0.05) is 24.0 Å². The molecule has 0 saturated heterocycles. The van der Waals surface area contributed by atoms with Gasteiger partial charge in [0.2, 0.25) is 0 Å². The number of hydrogen-bond donors (Lipinski definition) is 0. The van der Waals surface area contributed by atoms with Crippen molar-refractivity contribution in [3.05, 3.63) is 64.3 Å². The van der Waals surface area contributed by atoms with E-state index in [0.717, 1.165) is 12.1 Å². The van der Waals surface area contributed by atoms with Crippen LogP contribution in [0.2, 0.25) is 0 Å². The van der Waals surface area contributed by atoms with Crippen LogP contribution in [0.5, 0.6) is 0 Å². The zero-order chi connectivity index (χ0) is 11.5. The Hall–Kier alpha value is -2.04. The lowest BCUT2D eigenvalue weighted by Crippen LogP contribution is -2.22. The van der Waals surface area contributed by atoms with E-state index in [1.165, 1.54) is 23.0 Å². The second kappa shape index (κ2) is 4.22. The zero-order valence-corrected chi connectivity index (χ0v) is 8.23. The number of rotatable bonds is 2. The van der Waals surface area contributed by atoms with Crippen LogP contribution in [-0.4, -0.2) is 9.55 Å². The molecule has 0 fully saturated rings.